The van der Waals surface area contributed by atoms with E-state index in [9.17, 15) is 4.79 Å². The predicted molar refractivity (Wildman–Crippen MR) is 135 cm³/mol. The number of hydrogen-bond acceptors (Lipinski definition) is 5. The first-order valence-electron chi connectivity index (χ1n) is 11.8. The maximum atomic E-state index is 12.2. The van der Waals surface area contributed by atoms with E-state index < -0.39 is 0 Å². The molecule has 3 rings (SSSR count). The molecule has 0 fully saturated rings. The second kappa shape index (κ2) is 12.9. The number of unbranched alkanes of at least 4 members (excludes halogenated alkanes) is 1. The Hall–Kier alpha value is -3.05. The topological polar surface area (TPSA) is 48.0 Å². The summed E-state index contributed by atoms with van der Waals surface area (Å²) in [6.45, 7) is 9.81. The fourth-order valence-electron chi connectivity index (χ4n) is 3.66. The Kier molecular flexibility index (Phi) is 9.58. The lowest BCUT2D eigenvalue weighted by atomic mass is 10.00. The van der Waals surface area contributed by atoms with Crippen LogP contribution in [-0.4, -0.2) is 45.5 Å². The first-order valence-corrected chi connectivity index (χ1v) is 11.8. The molecule has 176 valence electrons. The second-order valence-electron chi connectivity index (χ2n) is 8.04. The fraction of sp³-hybridized carbons (Fsp3) is 0.393. The Morgan fingerprint density at radius 2 is 1.70 bits per heavy atom. The average molecular weight is 450 g/mol. The molecule has 0 amide bonds. The molecule has 5 nitrogen and oxygen atoms in total. The number of anilines is 1. The number of ether oxygens (including phenoxy) is 3. The van der Waals surface area contributed by atoms with Crippen molar-refractivity contribution in [2.75, 3.05) is 44.4 Å². The van der Waals surface area contributed by atoms with Gasteiger partial charge in [0, 0.05) is 31.0 Å². The molecule has 1 heterocycles. The third-order valence-electron chi connectivity index (χ3n) is 5.48. The fourth-order valence-corrected chi connectivity index (χ4v) is 3.66. The van der Waals surface area contributed by atoms with Crippen molar-refractivity contribution in [1.29, 1.82) is 0 Å². The van der Waals surface area contributed by atoms with Gasteiger partial charge in [0.1, 0.15) is 12.4 Å². The van der Waals surface area contributed by atoms with E-state index in [1.807, 2.05) is 25.1 Å². The molecule has 1 aliphatic rings. The lowest BCUT2D eigenvalue weighted by Crippen LogP contribution is -2.19. The van der Waals surface area contributed by atoms with E-state index in [-0.39, 0.29) is 5.97 Å². The van der Waals surface area contributed by atoms with Gasteiger partial charge in [0.2, 0.25) is 0 Å². The van der Waals surface area contributed by atoms with E-state index in [0.717, 1.165) is 60.7 Å². The van der Waals surface area contributed by atoms with Crippen LogP contribution in [0.2, 0.25) is 0 Å². The van der Waals surface area contributed by atoms with Gasteiger partial charge in [-0.3, -0.25) is 0 Å². The Labute approximate surface area is 197 Å². The normalized spacial score (nSPS) is 13.4. The Morgan fingerprint density at radius 3 is 2.39 bits per heavy atom. The van der Waals surface area contributed by atoms with Gasteiger partial charge in [-0.1, -0.05) is 43.7 Å². The zero-order valence-corrected chi connectivity index (χ0v) is 20.0. The van der Waals surface area contributed by atoms with Crippen LogP contribution in [0.15, 0.2) is 60.2 Å². The van der Waals surface area contributed by atoms with Crippen LogP contribution in [-0.2, 0) is 14.3 Å². The van der Waals surface area contributed by atoms with Crippen molar-refractivity contribution in [3.05, 3.63) is 65.8 Å². The molecule has 0 aromatic heterocycles. The van der Waals surface area contributed by atoms with Crippen LogP contribution in [0.5, 0.6) is 5.75 Å². The number of benzene rings is 2. The summed E-state index contributed by atoms with van der Waals surface area (Å²) in [7, 11) is 0. The van der Waals surface area contributed by atoms with Crippen LogP contribution in [0.1, 0.15) is 39.2 Å². The first kappa shape index (κ1) is 24.6. The van der Waals surface area contributed by atoms with Crippen LogP contribution in [0.4, 0.5) is 5.69 Å². The van der Waals surface area contributed by atoms with Gasteiger partial charge in [-0.2, -0.15) is 0 Å². The van der Waals surface area contributed by atoms with Gasteiger partial charge in [0.15, 0.2) is 0 Å². The van der Waals surface area contributed by atoms with Crippen molar-refractivity contribution in [1.82, 2.24) is 0 Å². The third kappa shape index (κ3) is 7.22. The number of carbonyl (C=O) groups is 1. The van der Waals surface area contributed by atoms with E-state index in [1.165, 1.54) is 0 Å². The van der Waals surface area contributed by atoms with Gasteiger partial charge >= 0.3 is 5.97 Å². The Balaban J connectivity index is 1.74. The van der Waals surface area contributed by atoms with Gasteiger partial charge in [-0.15, -0.1) is 0 Å². The minimum atomic E-state index is -0.284. The highest BCUT2D eigenvalue weighted by Crippen LogP contribution is 2.31. The zero-order chi connectivity index (χ0) is 23.5. The predicted octanol–water partition coefficient (Wildman–Crippen LogP) is 5.89. The maximum Gasteiger partial charge on any atom is 0.333 e. The molecule has 0 radical (unpaired) electrons. The summed E-state index contributed by atoms with van der Waals surface area (Å²) in [6.07, 6.45) is 8.46. The van der Waals surface area contributed by atoms with Gasteiger partial charge in [-0.25, -0.2) is 4.79 Å². The van der Waals surface area contributed by atoms with E-state index in [1.54, 1.807) is 6.92 Å². The molecular weight excluding hydrogens is 414 g/mol. The first-order chi connectivity index (χ1) is 16.1. The van der Waals surface area contributed by atoms with Crippen molar-refractivity contribution in [3.8, 4) is 16.9 Å². The maximum absolute atomic E-state index is 12.2. The molecular formula is C28H35NO4. The van der Waals surface area contributed by atoms with E-state index in [4.69, 9.17) is 14.2 Å². The SMILES string of the molecule is CCCCOCCOc1ccc(-c2ccc(N3CC=CC3)c(/C=C(\C)C(=O)OCC)c2)cc1. The number of esters is 1. The molecule has 33 heavy (non-hydrogen) atoms. The standard InChI is InChI=1S/C28H35NO4/c1-4-6-17-31-18-19-33-26-12-9-23(10-13-26)24-11-14-27(29-15-7-8-16-29)25(21-24)20-22(3)28(30)32-5-2/h7-14,20-21H,4-6,15-19H2,1-3H3/b22-20+. The van der Waals surface area contributed by atoms with Crippen molar-refractivity contribution < 1.29 is 19.0 Å². The highest BCUT2D eigenvalue weighted by Gasteiger charge is 2.14. The molecule has 0 saturated carbocycles. The lowest BCUT2D eigenvalue weighted by molar-refractivity contribution is -0.138. The van der Waals surface area contributed by atoms with E-state index >= 15 is 0 Å². The van der Waals surface area contributed by atoms with Crippen LogP contribution in [0, 0.1) is 0 Å². The van der Waals surface area contributed by atoms with Crippen molar-refractivity contribution >= 4 is 17.7 Å². The minimum Gasteiger partial charge on any atom is -0.491 e. The minimum absolute atomic E-state index is 0.284. The molecule has 2 aromatic carbocycles. The Bertz CT molecular complexity index is 954. The number of rotatable bonds is 12. The summed E-state index contributed by atoms with van der Waals surface area (Å²) in [5.74, 6) is 0.546. The molecule has 0 spiro atoms. The zero-order valence-electron chi connectivity index (χ0n) is 20.0. The van der Waals surface area contributed by atoms with Crippen molar-refractivity contribution in [2.45, 2.75) is 33.6 Å². The molecule has 2 aromatic rings. The van der Waals surface area contributed by atoms with Crippen LogP contribution in [0.25, 0.3) is 17.2 Å². The average Bonchev–Trinajstić information content (AvgIpc) is 3.36. The lowest BCUT2D eigenvalue weighted by Gasteiger charge is -2.21. The molecule has 0 unspecified atom stereocenters. The molecule has 0 atom stereocenters. The monoisotopic (exact) mass is 449 g/mol. The van der Waals surface area contributed by atoms with E-state index in [0.29, 0.717) is 25.4 Å². The largest absolute Gasteiger partial charge is 0.491 e. The van der Waals surface area contributed by atoms with Crippen LogP contribution < -0.4 is 9.64 Å². The molecule has 5 heteroatoms. The van der Waals surface area contributed by atoms with Crippen LogP contribution in [0.3, 0.4) is 0 Å². The van der Waals surface area contributed by atoms with Crippen LogP contribution >= 0.6 is 0 Å². The van der Waals surface area contributed by atoms with Gasteiger partial charge in [0.25, 0.3) is 0 Å². The quantitative estimate of drug-likeness (QED) is 0.175. The summed E-state index contributed by atoms with van der Waals surface area (Å²) in [5, 5.41) is 0. The molecule has 0 aliphatic carbocycles. The summed E-state index contributed by atoms with van der Waals surface area (Å²) in [4.78, 5) is 14.5. The molecule has 0 bridgehead atoms. The van der Waals surface area contributed by atoms with Gasteiger partial charge in [-0.05, 0) is 67.3 Å². The van der Waals surface area contributed by atoms with Gasteiger partial charge < -0.3 is 19.1 Å². The summed E-state index contributed by atoms with van der Waals surface area (Å²) >= 11 is 0. The van der Waals surface area contributed by atoms with E-state index in [2.05, 4.69) is 54.3 Å². The molecule has 0 saturated heterocycles. The highest BCUT2D eigenvalue weighted by molar-refractivity contribution is 5.94. The van der Waals surface area contributed by atoms with Crippen molar-refractivity contribution in [2.24, 2.45) is 0 Å². The smallest absolute Gasteiger partial charge is 0.333 e. The van der Waals surface area contributed by atoms with Gasteiger partial charge in [0.05, 0.1) is 13.2 Å². The third-order valence-corrected chi connectivity index (χ3v) is 5.48. The number of nitrogens with zero attached hydrogens (tertiary/aromatic N) is 1. The summed E-state index contributed by atoms with van der Waals surface area (Å²) < 4.78 is 16.5. The number of hydrogen-bond donors (Lipinski definition) is 0. The summed E-state index contributed by atoms with van der Waals surface area (Å²) in [6, 6.07) is 14.5. The Morgan fingerprint density at radius 1 is 0.970 bits per heavy atom. The van der Waals surface area contributed by atoms with Crippen molar-refractivity contribution in [3.63, 3.8) is 0 Å². The highest BCUT2D eigenvalue weighted by atomic mass is 16.5. The molecule has 1 aliphatic heterocycles. The molecule has 0 N–H and O–H groups in total. The number of carbonyl (C=O) groups excluding carboxylic acids is 1. The summed E-state index contributed by atoms with van der Waals surface area (Å²) in [5.41, 5.74) is 4.88. The second-order valence-corrected chi connectivity index (χ2v) is 8.04.